The number of amides is 1. The Kier molecular flexibility index (Phi) is 5.68. The third-order valence-electron chi connectivity index (χ3n) is 3.13. The summed E-state index contributed by atoms with van der Waals surface area (Å²) >= 11 is 0. The Morgan fingerprint density at radius 2 is 2.18 bits per heavy atom. The van der Waals surface area contributed by atoms with E-state index >= 15 is 0 Å². The minimum absolute atomic E-state index is 0.141. The molecule has 1 heterocycles. The molecule has 0 aliphatic heterocycles. The molecule has 2 unspecified atom stereocenters. The van der Waals surface area contributed by atoms with Gasteiger partial charge >= 0.3 is 0 Å². The zero-order valence-electron chi connectivity index (χ0n) is 12.3. The molecule has 3 N–H and O–H groups in total. The lowest BCUT2D eigenvalue weighted by Gasteiger charge is -2.16. The molecule has 22 heavy (non-hydrogen) atoms. The second-order valence-corrected chi connectivity index (χ2v) is 5.10. The molecule has 2 aromatic rings. The summed E-state index contributed by atoms with van der Waals surface area (Å²) in [4.78, 5) is 11.9. The summed E-state index contributed by atoms with van der Waals surface area (Å²) in [5, 5.41) is 15.5. The quantitative estimate of drug-likeness (QED) is 0.734. The number of halogens is 1. The lowest BCUT2D eigenvalue weighted by Crippen LogP contribution is -2.33. The zero-order chi connectivity index (χ0) is 15.9. The van der Waals surface area contributed by atoms with E-state index in [1.807, 2.05) is 6.92 Å². The van der Waals surface area contributed by atoms with Crippen molar-refractivity contribution in [1.29, 1.82) is 0 Å². The molecule has 2 rings (SSSR count). The van der Waals surface area contributed by atoms with E-state index in [4.69, 9.17) is 4.42 Å². The highest BCUT2D eigenvalue weighted by Gasteiger charge is 2.14. The lowest BCUT2D eigenvalue weighted by molar-refractivity contribution is -0.116. The van der Waals surface area contributed by atoms with Gasteiger partial charge in [-0.1, -0.05) is 6.07 Å². The monoisotopic (exact) mass is 306 g/mol. The highest BCUT2D eigenvalue weighted by atomic mass is 19.1. The van der Waals surface area contributed by atoms with Crippen LogP contribution >= 0.6 is 0 Å². The highest BCUT2D eigenvalue weighted by molar-refractivity contribution is 5.91. The zero-order valence-corrected chi connectivity index (χ0v) is 12.3. The Balaban J connectivity index is 1.74. The van der Waals surface area contributed by atoms with Crippen molar-refractivity contribution >= 4 is 11.6 Å². The van der Waals surface area contributed by atoms with Gasteiger partial charge < -0.3 is 20.2 Å². The number of carbonyl (C=O) groups excluding carboxylic acids is 1. The van der Waals surface area contributed by atoms with Crippen molar-refractivity contribution in [2.75, 3.05) is 11.9 Å². The first-order chi connectivity index (χ1) is 10.5. The van der Waals surface area contributed by atoms with Crippen LogP contribution in [0, 0.1) is 5.82 Å². The predicted octanol–water partition coefficient (Wildman–Crippen LogP) is 2.46. The number of aliphatic hydroxyl groups is 1. The van der Waals surface area contributed by atoms with Crippen molar-refractivity contribution in [3.8, 4) is 0 Å². The first-order valence-corrected chi connectivity index (χ1v) is 7.05. The van der Waals surface area contributed by atoms with E-state index < -0.39 is 11.9 Å². The first-order valence-electron chi connectivity index (χ1n) is 7.05. The van der Waals surface area contributed by atoms with Gasteiger partial charge in [0.2, 0.25) is 5.91 Å². The maximum Gasteiger partial charge on any atom is 0.225 e. The molecule has 0 saturated heterocycles. The van der Waals surface area contributed by atoms with Crippen molar-refractivity contribution in [1.82, 2.24) is 5.32 Å². The van der Waals surface area contributed by atoms with Crippen LogP contribution in [-0.2, 0) is 4.79 Å². The number of rotatable bonds is 7. The predicted molar refractivity (Wildman–Crippen MR) is 80.8 cm³/mol. The van der Waals surface area contributed by atoms with Crippen LogP contribution in [0.15, 0.2) is 47.1 Å². The van der Waals surface area contributed by atoms with Crippen molar-refractivity contribution < 1.29 is 18.7 Å². The summed E-state index contributed by atoms with van der Waals surface area (Å²) < 4.78 is 18.1. The van der Waals surface area contributed by atoms with Crippen LogP contribution in [0.4, 0.5) is 10.1 Å². The van der Waals surface area contributed by atoms with E-state index in [9.17, 15) is 14.3 Å². The average Bonchev–Trinajstić information content (AvgIpc) is 2.98. The summed E-state index contributed by atoms with van der Waals surface area (Å²) in [5.74, 6) is -0.146. The number of aliphatic hydroxyl groups excluding tert-OH is 1. The van der Waals surface area contributed by atoms with Crippen LogP contribution < -0.4 is 10.6 Å². The maximum atomic E-state index is 13.0. The smallest absolute Gasteiger partial charge is 0.225 e. The van der Waals surface area contributed by atoms with Gasteiger partial charge in [-0.05, 0) is 37.3 Å². The Labute approximate surface area is 128 Å². The lowest BCUT2D eigenvalue weighted by atomic mass is 10.2. The third kappa shape index (κ3) is 4.98. The van der Waals surface area contributed by atoms with Crippen LogP contribution in [0.25, 0.3) is 0 Å². The number of anilines is 1. The van der Waals surface area contributed by atoms with Gasteiger partial charge in [-0.3, -0.25) is 4.79 Å². The molecule has 1 aromatic carbocycles. The molecule has 0 saturated carbocycles. The summed E-state index contributed by atoms with van der Waals surface area (Å²) in [6.07, 6.45) is 0.944. The first kappa shape index (κ1) is 16.2. The molecule has 2 atom stereocenters. The Hall–Kier alpha value is -2.18. The van der Waals surface area contributed by atoms with Crippen molar-refractivity contribution in [3.63, 3.8) is 0 Å². The summed E-state index contributed by atoms with van der Waals surface area (Å²) in [6.45, 7) is 2.11. The van der Waals surface area contributed by atoms with Gasteiger partial charge in [-0.2, -0.15) is 0 Å². The largest absolute Gasteiger partial charge is 0.467 e. The molecule has 0 radical (unpaired) electrons. The second-order valence-electron chi connectivity index (χ2n) is 5.10. The number of nitrogens with one attached hydrogen (secondary N) is 2. The van der Waals surface area contributed by atoms with E-state index in [1.54, 1.807) is 18.2 Å². The topological polar surface area (TPSA) is 74.5 Å². The Morgan fingerprint density at radius 1 is 1.36 bits per heavy atom. The molecule has 118 valence electrons. The van der Waals surface area contributed by atoms with Crippen molar-refractivity contribution in [3.05, 3.63) is 54.2 Å². The minimum atomic E-state index is -0.760. The van der Waals surface area contributed by atoms with Crippen LogP contribution in [0.1, 0.15) is 25.2 Å². The molecular formula is C16H19FN2O3. The number of carbonyl (C=O) groups is 1. The number of furan rings is 1. The fourth-order valence-electron chi connectivity index (χ4n) is 2.02. The average molecular weight is 306 g/mol. The molecule has 1 amide bonds. The second kappa shape index (κ2) is 7.72. The number of hydrogen-bond donors (Lipinski definition) is 3. The summed E-state index contributed by atoms with van der Waals surface area (Å²) in [5.41, 5.74) is 0.424. The molecule has 5 nitrogen and oxygen atoms in total. The highest BCUT2D eigenvalue weighted by Crippen LogP contribution is 2.12. The molecule has 0 aliphatic rings. The van der Waals surface area contributed by atoms with Crippen LogP contribution in [-0.4, -0.2) is 23.6 Å². The van der Waals surface area contributed by atoms with Gasteiger partial charge in [0, 0.05) is 24.7 Å². The SMILES string of the molecule is CC(CC(=O)Nc1cccc(F)c1)NCC(O)c1ccco1. The summed E-state index contributed by atoms with van der Waals surface area (Å²) in [7, 11) is 0. The van der Waals surface area contributed by atoms with E-state index in [-0.39, 0.29) is 24.9 Å². The number of benzene rings is 1. The van der Waals surface area contributed by atoms with Gasteiger partial charge in [-0.15, -0.1) is 0 Å². The fraction of sp³-hybridized carbons (Fsp3) is 0.312. The molecule has 0 spiro atoms. The van der Waals surface area contributed by atoms with Gasteiger partial charge in [-0.25, -0.2) is 4.39 Å². The van der Waals surface area contributed by atoms with Gasteiger partial charge in [0.25, 0.3) is 0 Å². The van der Waals surface area contributed by atoms with Crippen LogP contribution in [0.2, 0.25) is 0 Å². The van der Waals surface area contributed by atoms with Crippen LogP contribution in [0.5, 0.6) is 0 Å². The third-order valence-corrected chi connectivity index (χ3v) is 3.13. The van der Waals surface area contributed by atoms with E-state index in [2.05, 4.69) is 10.6 Å². The normalized spacial score (nSPS) is 13.6. The molecular weight excluding hydrogens is 287 g/mol. The minimum Gasteiger partial charge on any atom is -0.467 e. The fourth-order valence-corrected chi connectivity index (χ4v) is 2.02. The van der Waals surface area contributed by atoms with Crippen molar-refractivity contribution in [2.45, 2.75) is 25.5 Å². The molecule has 1 aromatic heterocycles. The van der Waals surface area contributed by atoms with Gasteiger partial charge in [0.05, 0.1) is 6.26 Å². The van der Waals surface area contributed by atoms with Gasteiger partial charge in [0.1, 0.15) is 17.7 Å². The molecule has 0 fully saturated rings. The molecule has 0 aliphatic carbocycles. The number of hydrogen-bond acceptors (Lipinski definition) is 4. The maximum absolute atomic E-state index is 13.0. The van der Waals surface area contributed by atoms with Crippen molar-refractivity contribution in [2.24, 2.45) is 0 Å². The van der Waals surface area contributed by atoms with Crippen LogP contribution in [0.3, 0.4) is 0 Å². The van der Waals surface area contributed by atoms with E-state index in [0.29, 0.717) is 11.4 Å². The summed E-state index contributed by atoms with van der Waals surface area (Å²) in [6, 6.07) is 8.99. The van der Waals surface area contributed by atoms with Gasteiger partial charge in [0.15, 0.2) is 0 Å². The van der Waals surface area contributed by atoms with E-state index in [0.717, 1.165) is 0 Å². The molecule has 6 heteroatoms. The van der Waals surface area contributed by atoms with E-state index in [1.165, 1.54) is 24.5 Å². The molecule has 0 bridgehead atoms. The Bertz CT molecular complexity index is 601. The standard InChI is InChI=1S/C16H19FN2O3/c1-11(18-10-14(20)15-6-3-7-22-15)8-16(21)19-13-5-2-4-12(17)9-13/h2-7,9,11,14,18,20H,8,10H2,1H3,(H,19,21). The Morgan fingerprint density at radius 3 is 2.86 bits per heavy atom.